The number of para-hydroxylation sites is 1. The maximum Gasteiger partial charge on any atom is 0.322 e. The van der Waals surface area contributed by atoms with Gasteiger partial charge in [0.2, 0.25) is 0 Å². The molecule has 298 valence electrons. The quantitative estimate of drug-likeness (QED) is 0.131. The van der Waals surface area contributed by atoms with E-state index in [4.69, 9.17) is 9.47 Å². The van der Waals surface area contributed by atoms with Crippen LogP contribution >= 0.6 is 0 Å². The zero-order valence-corrected chi connectivity index (χ0v) is 33.4. The lowest BCUT2D eigenvalue weighted by molar-refractivity contribution is -0.204. The Morgan fingerprint density at radius 1 is 1.07 bits per heavy atom. The van der Waals surface area contributed by atoms with E-state index >= 15 is 4.79 Å². The van der Waals surface area contributed by atoms with Crippen molar-refractivity contribution >= 4 is 28.5 Å². The van der Waals surface area contributed by atoms with Gasteiger partial charge < -0.3 is 29.6 Å². The fourth-order valence-corrected chi connectivity index (χ4v) is 12.6. The minimum atomic E-state index is -2.22. The van der Waals surface area contributed by atoms with Crippen LogP contribution in [0.3, 0.4) is 0 Å². The van der Waals surface area contributed by atoms with Gasteiger partial charge in [0.05, 0.1) is 20.3 Å². The highest BCUT2D eigenvalue weighted by molar-refractivity contribution is 5.95. The molecular formula is C44H56N6O6. The topological polar surface area (TPSA) is 143 Å². The number of hydrogen-bond donors (Lipinski definition) is 5. The van der Waals surface area contributed by atoms with Crippen molar-refractivity contribution in [2.24, 2.45) is 11.3 Å². The van der Waals surface area contributed by atoms with Gasteiger partial charge >= 0.3 is 5.97 Å². The molecule has 12 heteroatoms. The van der Waals surface area contributed by atoms with Gasteiger partial charge in [-0.2, -0.15) is 0 Å². The van der Waals surface area contributed by atoms with Gasteiger partial charge in [0, 0.05) is 90.6 Å². The fourth-order valence-electron chi connectivity index (χ4n) is 12.6. The number of hydrogen-bond acceptors (Lipinski definition) is 10. The summed E-state index contributed by atoms with van der Waals surface area (Å²) in [5, 5.41) is 26.8. The molecule has 2 bridgehead atoms. The smallest absolute Gasteiger partial charge is 0.322 e. The lowest BCUT2D eigenvalue weighted by atomic mass is 9.47. The minimum Gasteiger partial charge on any atom is -0.496 e. The van der Waals surface area contributed by atoms with Crippen LogP contribution in [0.2, 0.25) is 0 Å². The van der Waals surface area contributed by atoms with E-state index in [1.54, 1.807) is 7.11 Å². The molecule has 1 amide bonds. The van der Waals surface area contributed by atoms with E-state index in [9.17, 15) is 15.0 Å². The first kappa shape index (κ1) is 37.4. The number of methoxy groups -OCH3 is 2. The number of H-pyrrole nitrogens is 1. The number of fused-ring (bicyclic) bond motifs is 6. The number of aromatic amines is 1. The number of benzene rings is 2. The lowest BCUT2D eigenvalue weighted by Gasteiger charge is -2.63. The third kappa shape index (κ3) is 4.64. The van der Waals surface area contributed by atoms with Crippen molar-refractivity contribution in [2.45, 2.75) is 87.6 Å². The summed E-state index contributed by atoms with van der Waals surface area (Å²) < 4.78 is 12.3. The molecule has 1 saturated heterocycles. The summed E-state index contributed by atoms with van der Waals surface area (Å²) in [6, 6.07) is 11.3. The fraction of sp³-hybridized carbons (Fsp3) is 0.545. The average Bonchev–Trinajstić information content (AvgIpc) is 3.86. The van der Waals surface area contributed by atoms with Crippen LogP contribution < -0.4 is 20.5 Å². The van der Waals surface area contributed by atoms with Crippen LogP contribution in [0.1, 0.15) is 68.8 Å². The predicted octanol–water partition coefficient (Wildman–Crippen LogP) is 3.65. The molecule has 9 atom stereocenters. The van der Waals surface area contributed by atoms with Crippen molar-refractivity contribution < 1.29 is 29.3 Å². The van der Waals surface area contributed by atoms with Gasteiger partial charge in [-0.1, -0.05) is 62.8 Å². The molecule has 5 aliphatic heterocycles. The Kier molecular flexibility index (Phi) is 8.79. The molecule has 5 N–H and O–H groups in total. The van der Waals surface area contributed by atoms with E-state index in [1.165, 1.54) is 12.7 Å². The number of aromatic nitrogens is 1. The molecule has 1 unspecified atom stereocenters. The Balaban J connectivity index is 1.35. The zero-order chi connectivity index (χ0) is 39.4. The van der Waals surface area contributed by atoms with Gasteiger partial charge in [0.15, 0.2) is 5.60 Å². The number of nitrogens with one attached hydrogen (secondary N) is 3. The molecule has 6 heterocycles. The number of amides is 1. The standard InChI is InChI=1S/C44H56N6O6/c1-7-26-19-27-22-43(40(53)56-6,35-29(25-49(23-26)24-27)28-13-10-11-14-32(28)46-35)31-20-30-33(21-34(31)55-5)48(4)37-42(30)16-18-50-17-12-15-41(8-2,36(42)50)38(51)44(37,54)39(52)47-45-9-3/h10-15,19-21,27,36-38,45-46,51,54H,7-9,16-18,22-25H2,1-6H3,(H,47,52)/t27-,36-,37+,38+,41+,42+,43-,44-/m0/s1. The highest BCUT2D eigenvalue weighted by atomic mass is 16.5. The molecule has 9 rings (SSSR count). The maximum atomic E-state index is 15.1. The van der Waals surface area contributed by atoms with Crippen LogP contribution in [0.15, 0.2) is 60.2 Å². The summed E-state index contributed by atoms with van der Waals surface area (Å²) in [6.45, 7) is 10.3. The molecule has 0 radical (unpaired) electrons. The van der Waals surface area contributed by atoms with Crippen molar-refractivity contribution in [2.75, 3.05) is 58.9 Å². The molecule has 12 nitrogen and oxygen atoms in total. The van der Waals surface area contributed by atoms with Gasteiger partial charge in [-0.05, 0) is 61.4 Å². The molecule has 2 aromatic carbocycles. The molecule has 1 aromatic heterocycles. The van der Waals surface area contributed by atoms with Crippen LogP contribution in [0, 0.1) is 11.3 Å². The molecule has 1 saturated carbocycles. The first-order valence-electron chi connectivity index (χ1n) is 20.4. The van der Waals surface area contributed by atoms with Gasteiger partial charge in [0.25, 0.3) is 5.91 Å². The highest BCUT2D eigenvalue weighted by Gasteiger charge is 2.78. The van der Waals surface area contributed by atoms with E-state index in [0.29, 0.717) is 50.2 Å². The second-order valence-corrected chi connectivity index (χ2v) is 17.1. The van der Waals surface area contributed by atoms with Crippen molar-refractivity contribution in [3.63, 3.8) is 0 Å². The zero-order valence-electron chi connectivity index (χ0n) is 33.4. The first-order valence-corrected chi connectivity index (χ1v) is 20.4. The molecular weight excluding hydrogens is 709 g/mol. The van der Waals surface area contributed by atoms with Crippen molar-refractivity contribution in [3.8, 4) is 5.75 Å². The van der Waals surface area contributed by atoms with Gasteiger partial charge in [0.1, 0.15) is 17.3 Å². The number of aliphatic hydroxyl groups is 2. The van der Waals surface area contributed by atoms with E-state index in [0.717, 1.165) is 59.5 Å². The largest absolute Gasteiger partial charge is 0.496 e. The summed E-state index contributed by atoms with van der Waals surface area (Å²) in [5.41, 5.74) is 7.01. The summed E-state index contributed by atoms with van der Waals surface area (Å²) in [4.78, 5) is 40.3. The molecule has 2 fully saturated rings. The van der Waals surface area contributed by atoms with E-state index < -0.39 is 39.9 Å². The first-order chi connectivity index (χ1) is 27.0. The SMILES string of the molecule is CCNNC(=O)[C@@]1(O)[C@H](O)[C@]2(CC)C=CCN3CC[C@@]4(c5cc([C@@]6(C(=O)OC)C[C@@H]7C=C(CC)CN(Cc8c6[nH]c6ccccc86)C7)c(OC)cc5N(C)[C@@H]14)[C@@H]32. The van der Waals surface area contributed by atoms with Crippen LogP contribution in [-0.2, 0) is 31.7 Å². The number of nitrogens with zero attached hydrogens (tertiary/aromatic N) is 3. The number of ether oxygens (including phenoxy) is 2. The lowest BCUT2D eigenvalue weighted by Crippen LogP contribution is -2.82. The Morgan fingerprint density at radius 2 is 1.88 bits per heavy atom. The van der Waals surface area contributed by atoms with Crippen LogP contribution in [0.5, 0.6) is 5.75 Å². The second-order valence-electron chi connectivity index (χ2n) is 17.1. The molecule has 6 aliphatic rings. The van der Waals surface area contributed by atoms with Crippen LogP contribution in [-0.4, -0.2) is 115 Å². The second kappa shape index (κ2) is 13.2. The Morgan fingerprint density at radius 3 is 2.61 bits per heavy atom. The van der Waals surface area contributed by atoms with E-state index in [-0.39, 0.29) is 17.9 Å². The highest BCUT2D eigenvalue weighted by Crippen LogP contribution is 2.67. The Labute approximate surface area is 328 Å². The summed E-state index contributed by atoms with van der Waals surface area (Å²) in [7, 11) is 5.02. The maximum absolute atomic E-state index is 15.1. The Bertz CT molecular complexity index is 2170. The number of rotatable bonds is 8. The molecule has 1 spiro atoms. The number of likely N-dealkylation sites (N-methyl/N-ethyl adjacent to an activating group) is 1. The van der Waals surface area contributed by atoms with Crippen molar-refractivity contribution in [3.05, 3.63) is 82.6 Å². The van der Waals surface area contributed by atoms with Crippen LogP contribution in [0.25, 0.3) is 10.9 Å². The number of aliphatic hydroxyl groups excluding tert-OH is 1. The van der Waals surface area contributed by atoms with E-state index in [1.807, 2.05) is 44.0 Å². The van der Waals surface area contributed by atoms with Gasteiger partial charge in [-0.25, -0.2) is 5.43 Å². The summed E-state index contributed by atoms with van der Waals surface area (Å²) >= 11 is 0. The Hall–Kier alpha value is -4.20. The van der Waals surface area contributed by atoms with Gasteiger partial charge in [-0.15, -0.1) is 0 Å². The minimum absolute atomic E-state index is 0.0479. The van der Waals surface area contributed by atoms with Crippen molar-refractivity contribution in [1.82, 2.24) is 25.6 Å². The summed E-state index contributed by atoms with van der Waals surface area (Å²) in [5.74, 6) is -0.464. The number of anilines is 1. The predicted molar refractivity (Wildman–Crippen MR) is 214 cm³/mol. The number of carbonyl (C=O) groups excluding carboxylic acids is 2. The number of hydrazine groups is 1. The summed E-state index contributed by atoms with van der Waals surface area (Å²) in [6.07, 6.45) is 7.62. The average molecular weight is 765 g/mol. The number of carbonyl (C=O) groups is 2. The van der Waals surface area contributed by atoms with E-state index in [2.05, 4.69) is 69.0 Å². The normalized spacial score (nSPS) is 35.5. The molecule has 56 heavy (non-hydrogen) atoms. The van der Waals surface area contributed by atoms with Gasteiger partial charge in [-0.3, -0.25) is 24.8 Å². The van der Waals surface area contributed by atoms with Crippen LogP contribution in [0.4, 0.5) is 5.69 Å². The molecule has 1 aliphatic carbocycles. The monoisotopic (exact) mass is 764 g/mol. The number of esters is 1. The molecule has 3 aromatic rings. The third-order valence-electron chi connectivity index (χ3n) is 14.7. The third-order valence-corrected chi connectivity index (χ3v) is 14.7. The van der Waals surface area contributed by atoms with Crippen molar-refractivity contribution in [1.29, 1.82) is 0 Å².